The Labute approximate surface area is 121 Å². The molecule has 0 atom stereocenters. The molecule has 5 heteroatoms. The lowest BCUT2D eigenvalue weighted by Gasteiger charge is -2.40. The molecule has 1 heterocycles. The summed E-state index contributed by atoms with van der Waals surface area (Å²) in [5.41, 5.74) is -0.190. The normalized spacial score (nSPS) is 16.7. The van der Waals surface area contributed by atoms with Crippen molar-refractivity contribution < 1.29 is 9.90 Å². The van der Waals surface area contributed by atoms with Crippen LogP contribution in [0.5, 0.6) is 0 Å². The van der Waals surface area contributed by atoms with Crippen molar-refractivity contribution in [2.24, 2.45) is 0 Å². The summed E-state index contributed by atoms with van der Waals surface area (Å²) in [5.74, 6) is -0.286. The van der Waals surface area contributed by atoms with E-state index in [4.69, 9.17) is 11.6 Å². The van der Waals surface area contributed by atoms with Crippen LogP contribution >= 0.6 is 11.6 Å². The summed E-state index contributed by atoms with van der Waals surface area (Å²) in [6, 6.07) is 9.25. The zero-order valence-corrected chi connectivity index (χ0v) is 11.7. The lowest BCUT2D eigenvalue weighted by atomic mass is 9.77. The van der Waals surface area contributed by atoms with Gasteiger partial charge in [-0.05, 0) is 30.7 Å². The van der Waals surface area contributed by atoms with Crippen molar-refractivity contribution in [1.82, 2.24) is 10.3 Å². The third-order valence-corrected chi connectivity index (χ3v) is 4.21. The van der Waals surface area contributed by atoms with E-state index in [9.17, 15) is 9.90 Å². The maximum absolute atomic E-state index is 12.3. The molecule has 3 rings (SSSR count). The predicted octanol–water partition coefficient (Wildman–Crippen LogP) is 2.53. The molecular weight excluding hydrogens is 276 g/mol. The number of fused-ring (bicyclic) bond motifs is 1. The van der Waals surface area contributed by atoms with E-state index >= 15 is 0 Å². The Morgan fingerprint density at radius 2 is 2.15 bits per heavy atom. The third-order valence-electron chi connectivity index (χ3n) is 3.92. The van der Waals surface area contributed by atoms with Gasteiger partial charge in [-0.25, -0.2) is 4.98 Å². The summed E-state index contributed by atoms with van der Waals surface area (Å²) < 4.78 is 0. The van der Waals surface area contributed by atoms with Gasteiger partial charge < -0.3 is 10.4 Å². The number of aliphatic hydroxyl groups is 1. The number of halogens is 1. The summed E-state index contributed by atoms with van der Waals surface area (Å²) in [4.78, 5) is 16.4. The van der Waals surface area contributed by atoms with E-state index in [0.29, 0.717) is 5.15 Å². The largest absolute Gasteiger partial charge is 0.394 e. The molecule has 0 unspecified atom stereocenters. The van der Waals surface area contributed by atoms with Crippen molar-refractivity contribution in [3.63, 3.8) is 0 Å². The molecule has 1 aliphatic rings. The maximum Gasteiger partial charge on any atom is 0.270 e. The highest BCUT2D eigenvalue weighted by Gasteiger charge is 2.38. The first-order chi connectivity index (χ1) is 9.63. The molecule has 0 saturated heterocycles. The van der Waals surface area contributed by atoms with E-state index in [1.165, 1.54) is 0 Å². The Hall–Kier alpha value is -1.65. The average molecular weight is 291 g/mol. The second-order valence-corrected chi connectivity index (χ2v) is 5.62. The molecule has 2 N–H and O–H groups in total. The highest BCUT2D eigenvalue weighted by atomic mass is 35.5. The van der Waals surface area contributed by atoms with Crippen LogP contribution in [0.25, 0.3) is 10.8 Å². The number of aromatic nitrogens is 1. The quantitative estimate of drug-likeness (QED) is 0.854. The van der Waals surface area contributed by atoms with Gasteiger partial charge in [0.1, 0.15) is 10.8 Å². The number of carbonyl (C=O) groups excluding carboxylic acids is 1. The van der Waals surface area contributed by atoms with Crippen molar-refractivity contribution in [2.45, 2.75) is 24.8 Å². The Morgan fingerprint density at radius 3 is 2.80 bits per heavy atom. The fourth-order valence-electron chi connectivity index (χ4n) is 2.50. The smallest absolute Gasteiger partial charge is 0.270 e. The summed E-state index contributed by atoms with van der Waals surface area (Å²) >= 11 is 6.12. The summed E-state index contributed by atoms with van der Waals surface area (Å²) in [6.45, 7) is -0.0416. The van der Waals surface area contributed by atoms with Crippen LogP contribution in [0, 0.1) is 0 Å². The number of rotatable bonds is 3. The van der Waals surface area contributed by atoms with Crippen molar-refractivity contribution in [2.75, 3.05) is 6.61 Å². The molecule has 1 aromatic heterocycles. The summed E-state index contributed by atoms with van der Waals surface area (Å²) in [7, 11) is 0. The maximum atomic E-state index is 12.3. The molecule has 2 aromatic rings. The van der Waals surface area contributed by atoms with E-state index in [2.05, 4.69) is 10.3 Å². The molecule has 4 nitrogen and oxygen atoms in total. The molecule has 104 valence electrons. The second-order valence-electron chi connectivity index (χ2n) is 5.27. The van der Waals surface area contributed by atoms with Crippen LogP contribution in [0.4, 0.5) is 0 Å². The first-order valence-corrected chi connectivity index (χ1v) is 7.00. The first-order valence-electron chi connectivity index (χ1n) is 6.62. The minimum atomic E-state index is -0.475. The van der Waals surface area contributed by atoms with Crippen LogP contribution in [0.1, 0.15) is 29.8 Å². The van der Waals surface area contributed by atoms with E-state index in [1.54, 1.807) is 6.07 Å². The molecule has 0 spiro atoms. The van der Waals surface area contributed by atoms with Gasteiger partial charge in [-0.2, -0.15) is 0 Å². The zero-order chi connectivity index (χ0) is 14.2. The monoisotopic (exact) mass is 290 g/mol. The van der Waals surface area contributed by atoms with Crippen LogP contribution in [-0.2, 0) is 0 Å². The van der Waals surface area contributed by atoms with E-state index < -0.39 is 5.54 Å². The third kappa shape index (κ3) is 2.25. The van der Waals surface area contributed by atoms with Crippen LogP contribution in [0.2, 0.25) is 5.15 Å². The fourth-order valence-corrected chi connectivity index (χ4v) is 2.77. The van der Waals surface area contributed by atoms with Crippen LogP contribution < -0.4 is 5.32 Å². The van der Waals surface area contributed by atoms with Gasteiger partial charge in [-0.15, -0.1) is 0 Å². The number of hydrogen-bond donors (Lipinski definition) is 2. The molecule has 0 bridgehead atoms. The Morgan fingerprint density at radius 1 is 1.40 bits per heavy atom. The lowest BCUT2D eigenvalue weighted by Crippen LogP contribution is -2.56. The molecule has 0 radical (unpaired) electrons. The minimum absolute atomic E-state index is 0.0416. The van der Waals surface area contributed by atoms with Crippen molar-refractivity contribution in [3.05, 3.63) is 41.2 Å². The standard InChI is InChI=1S/C15H15ClN2O2/c16-13-11-5-2-1-4-10(11)8-12(17-13)14(20)18-15(9-19)6-3-7-15/h1-2,4-5,8,19H,3,6-7,9H2,(H,18,20). The van der Waals surface area contributed by atoms with Crippen molar-refractivity contribution >= 4 is 28.3 Å². The molecule has 1 saturated carbocycles. The molecule has 1 amide bonds. The highest BCUT2D eigenvalue weighted by molar-refractivity contribution is 6.34. The van der Waals surface area contributed by atoms with E-state index in [1.807, 2.05) is 24.3 Å². The fraction of sp³-hybridized carbons (Fsp3) is 0.333. The van der Waals surface area contributed by atoms with Crippen LogP contribution in [0.15, 0.2) is 30.3 Å². The summed E-state index contributed by atoms with van der Waals surface area (Å²) in [6.07, 6.45) is 2.62. The SMILES string of the molecule is O=C(NC1(CO)CCC1)c1cc2ccccc2c(Cl)n1. The average Bonchev–Trinajstić information content (AvgIpc) is 2.42. The van der Waals surface area contributed by atoms with Gasteiger partial charge in [0.15, 0.2) is 0 Å². The molecular formula is C15H15ClN2O2. The van der Waals surface area contributed by atoms with Gasteiger partial charge in [0, 0.05) is 5.39 Å². The van der Waals surface area contributed by atoms with Gasteiger partial charge in [0.05, 0.1) is 12.1 Å². The van der Waals surface area contributed by atoms with Crippen LogP contribution in [0.3, 0.4) is 0 Å². The number of pyridine rings is 1. The number of carbonyl (C=O) groups is 1. The highest BCUT2D eigenvalue weighted by Crippen LogP contribution is 2.31. The van der Waals surface area contributed by atoms with Crippen molar-refractivity contribution in [3.8, 4) is 0 Å². The van der Waals surface area contributed by atoms with Gasteiger partial charge in [0.25, 0.3) is 5.91 Å². The molecule has 20 heavy (non-hydrogen) atoms. The first kappa shape index (κ1) is 13.3. The number of aliphatic hydroxyl groups excluding tert-OH is 1. The molecule has 0 aliphatic heterocycles. The number of nitrogens with zero attached hydrogens (tertiary/aromatic N) is 1. The molecule has 1 aliphatic carbocycles. The number of amides is 1. The number of hydrogen-bond acceptors (Lipinski definition) is 3. The van der Waals surface area contributed by atoms with E-state index in [-0.39, 0.29) is 18.2 Å². The molecule has 1 aromatic carbocycles. The molecule has 1 fully saturated rings. The topological polar surface area (TPSA) is 62.2 Å². The van der Waals surface area contributed by atoms with Crippen molar-refractivity contribution in [1.29, 1.82) is 0 Å². The van der Waals surface area contributed by atoms with Gasteiger partial charge in [0.2, 0.25) is 0 Å². The van der Waals surface area contributed by atoms with Gasteiger partial charge >= 0.3 is 0 Å². The minimum Gasteiger partial charge on any atom is -0.394 e. The zero-order valence-electron chi connectivity index (χ0n) is 10.9. The Bertz CT molecular complexity index is 662. The van der Waals surface area contributed by atoms with Gasteiger partial charge in [-0.1, -0.05) is 35.9 Å². The predicted molar refractivity (Wildman–Crippen MR) is 77.9 cm³/mol. The number of benzene rings is 1. The van der Waals surface area contributed by atoms with E-state index in [0.717, 1.165) is 30.0 Å². The number of nitrogens with one attached hydrogen (secondary N) is 1. The Kier molecular flexibility index (Phi) is 3.36. The van der Waals surface area contributed by atoms with Gasteiger partial charge in [-0.3, -0.25) is 4.79 Å². The second kappa shape index (κ2) is 5.04. The van der Waals surface area contributed by atoms with Crippen LogP contribution in [-0.4, -0.2) is 28.1 Å². The lowest BCUT2D eigenvalue weighted by molar-refractivity contribution is 0.0638. The summed E-state index contributed by atoms with van der Waals surface area (Å²) in [5, 5.41) is 14.3. The Balaban J connectivity index is 1.92.